The molecule has 0 N–H and O–H groups in total. The molecule has 0 aromatic carbocycles. The molecule has 0 rings (SSSR count). The number of hydrogen-bond donors (Lipinski definition) is 0. The Labute approximate surface area is 141 Å². The second kappa shape index (κ2) is 13.6. The van der Waals surface area contributed by atoms with Crippen LogP contribution in [-0.4, -0.2) is 20.8 Å². The van der Waals surface area contributed by atoms with Gasteiger partial charge in [-0.05, 0) is 40.3 Å². The molecule has 0 bridgehead atoms. The Kier molecular flexibility index (Phi) is 13.6. The van der Waals surface area contributed by atoms with Gasteiger partial charge in [0.2, 0.25) is 0 Å². The maximum Gasteiger partial charge on any atom is 0.335 e. The molecule has 0 aliphatic carbocycles. The molecule has 0 atom stereocenters. The summed E-state index contributed by atoms with van der Waals surface area (Å²) >= 11 is 0. The highest BCUT2D eigenvalue weighted by Crippen LogP contribution is 2.22. The zero-order valence-electron chi connectivity index (χ0n) is 16.2. The molecule has 0 aromatic rings. The normalized spacial score (nSPS) is 12.5. The maximum atomic E-state index is 6.15. The molecule has 0 unspecified atom stereocenters. The van der Waals surface area contributed by atoms with E-state index in [2.05, 4.69) is 41.2 Å². The van der Waals surface area contributed by atoms with Gasteiger partial charge in [0, 0.05) is 12.2 Å². The Hall–Kier alpha value is 0.137. The molecule has 0 saturated carbocycles. The van der Waals surface area contributed by atoms with Crippen LogP contribution in [-0.2, 0) is 8.85 Å². The SMILES string of the molecule is CCCCCCCCCCCC[Si](C)(OC(C)C)OC(C)C. The van der Waals surface area contributed by atoms with Gasteiger partial charge in [-0.3, -0.25) is 0 Å². The maximum absolute atomic E-state index is 6.15. The first-order valence-electron chi connectivity index (χ1n) is 9.75. The third-order valence-electron chi connectivity index (χ3n) is 3.95. The quantitative estimate of drug-likeness (QED) is 0.242. The van der Waals surface area contributed by atoms with Crippen molar-refractivity contribution in [1.29, 1.82) is 0 Å². The molecule has 0 radical (unpaired) electrons. The van der Waals surface area contributed by atoms with Gasteiger partial charge < -0.3 is 8.85 Å². The van der Waals surface area contributed by atoms with Crippen molar-refractivity contribution in [2.45, 2.75) is 124 Å². The van der Waals surface area contributed by atoms with Crippen LogP contribution in [0.5, 0.6) is 0 Å². The van der Waals surface area contributed by atoms with Crippen molar-refractivity contribution >= 4 is 8.56 Å². The standard InChI is InChI=1S/C19H42O2Si/c1-7-8-9-10-11-12-13-14-15-16-17-22(6,20-18(2)3)21-19(4)5/h18-19H,7-17H2,1-6H3. The molecule has 0 aromatic heterocycles. The summed E-state index contributed by atoms with van der Waals surface area (Å²) < 4.78 is 12.3. The van der Waals surface area contributed by atoms with E-state index in [1.165, 1.54) is 64.2 Å². The predicted molar refractivity (Wildman–Crippen MR) is 101 cm³/mol. The highest BCUT2D eigenvalue weighted by Gasteiger charge is 2.33. The van der Waals surface area contributed by atoms with Crippen LogP contribution in [0.3, 0.4) is 0 Å². The molecule has 3 heteroatoms. The Morgan fingerprint density at radius 3 is 1.36 bits per heavy atom. The number of unbranched alkanes of at least 4 members (excludes halogenated alkanes) is 9. The van der Waals surface area contributed by atoms with Crippen molar-refractivity contribution in [3.8, 4) is 0 Å². The van der Waals surface area contributed by atoms with Crippen LogP contribution in [0.25, 0.3) is 0 Å². The van der Waals surface area contributed by atoms with Crippen molar-refractivity contribution in [2.75, 3.05) is 0 Å². The number of rotatable bonds is 15. The molecule has 134 valence electrons. The van der Waals surface area contributed by atoms with E-state index in [9.17, 15) is 0 Å². The van der Waals surface area contributed by atoms with Crippen molar-refractivity contribution in [3.05, 3.63) is 0 Å². The van der Waals surface area contributed by atoms with Gasteiger partial charge in [-0.15, -0.1) is 0 Å². The zero-order valence-corrected chi connectivity index (χ0v) is 17.2. The fourth-order valence-electron chi connectivity index (χ4n) is 3.08. The summed E-state index contributed by atoms with van der Waals surface area (Å²) in [6.07, 6.45) is 14.4. The topological polar surface area (TPSA) is 18.5 Å². The van der Waals surface area contributed by atoms with Gasteiger partial charge in [-0.25, -0.2) is 0 Å². The van der Waals surface area contributed by atoms with E-state index in [1.54, 1.807) is 0 Å². The smallest absolute Gasteiger partial charge is 0.335 e. The second-order valence-corrected chi connectivity index (χ2v) is 10.6. The van der Waals surface area contributed by atoms with Crippen molar-refractivity contribution in [1.82, 2.24) is 0 Å². The monoisotopic (exact) mass is 330 g/mol. The lowest BCUT2D eigenvalue weighted by molar-refractivity contribution is 0.109. The van der Waals surface area contributed by atoms with Crippen molar-refractivity contribution < 1.29 is 8.85 Å². The Balaban J connectivity index is 3.67. The molecule has 0 amide bonds. The van der Waals surface area contributed by atoms with Gasteiger partial charge in [-0.2, -0.15) is 0 Å². The van der Waals surface area contributed by atoms with E-state index >= 15 is 0 Å². The average molecular weight is 331 g/mol. The van der Waals surface area contributed by atoms with Gasteiger partial charge in [0.25, 0.3) is 0 Å². The molecule has 0 aliphatic heterocycles. The minimum Gasteiger partial charge on any atom is -0.392 e. The Bertz CT molecular complexity index is 232. The molecule has 0 saturated heterocycles. The van der Waals surface area contributed by atoms with Crippen molar-refractivity contribution in [2.24, 2.45) is 0 Å². The summed E-state index contributed by atoms with van der Waals surface area (Å²) in [7, 11) is -1.97. The lowest BCUT2D eigenvalue weighted by Crippen LogP contribution is -2.42. The molecule has 0 fully saturated rings. The summed E-state index contributed by atoms with van der Waals surface area (Å²) in [5, 5.41) is 0. The Morgan fingerprint density at radius 2 is 1.00 bits per heavy atom. The van der Waals surface area contributed by atoms with Crippen LogP contribution in [0.1, 0.15) is 98.8 Å². The van der Waals surface area contributed by atoms with E-state index in [1.807, 2.05) is 0 Å². The van der Waals surface area contributed by atoms with E-state index in [-0.39, 0.29) is 12.2 Å². The summed E-state index contributed by atoms with van der Waals surface area (Å²) in [5.74, 6) is 0. The minimum atomic E-state index is -1.97. The van der Waals surface area contributed by atoms with Gasteiger partial charge in [0.15, 0.2) is 0 Å². The van der Waals surface area contributed by atoms with Gasteiger partial charge in [-0.1, -0.05) is 71.1 Å². The third-order valence-corrected chi connectivity index (χ3v) is 7.16. The molecule has 0 heterocycles. The summed E-state index contributed by atoms with van der Waals surface area (Å²) in [4.78, 5) is 0. The first kappa shape index (κ1) is 22.1. The summed E-state index contributed by atoms with van der Waals surface area (Å²) in [5.41, 5.74) is 0. The van der Waals surface area contributed by atoms with E-state index < -0.39 is 8.56 Å². The third kappa shape index (κ3) is 13.8. The largest absolute Gasteiger partial charge is 0.392 e. The average Bonchev–Trinajstić information content (AvgIpc) is 2.39. The molecular formula is C19H42O2Si. The molecule has 2 nitrogen and oxygen atoms in total. The van der Waals surface area contributed by atoms with Crippen LogP contribution < -0.4 is 0 Å². The highest BCUT2D eigenvalue weighted by molar-refractivity contribution is 6.66. The summed E-state index contributed by atoms with van der Waals surface area (Å²) in [6.45, 7) is 13.0. The fourth-order valence-corrected chi connectivity index (χ4v) is 6.25. The lowest BCUT2D eigenvalue weighted by atomic mass is 10.1. The molecule has 0 aliphatic rings. The van der Waals surface area contributed by atoms with E-state index in [4.69, 9.17) is 8.85 Å². The van der Waals surface area contributed by atoms with Crippen molar-refractivity contribution in [3.63, 3.8) is 0 Å². The lowest BCUT2D eigenvalue weighted by Gasteiger charge is -2.31. The predicted octanol–water partition coefficient (Wildman–Crippen LogP) is 6.83. The Morgan fingerprint density at radius 1 is 0.636 bits per heavy atom. The van der Waals surface area contributed by atoms with Gasteiger partial charge >= 0.3 is 8.56 Å². The number of hydrogen-bond acceptors (Lipinski definition) is 2. The first-order valence-corrected chi connectivity index (χ1v) is 12.3. The second-order valence-electron chi connectivity index (χ2n) is 7.40. The van der Waals surface area contributed by atoms with Crippen LogP contribution in [0.15, 0.2) is 0 Å². The highest BCUT2D eigenvalue weighted by atomic mass is 28.4. The van der Waals surface area contributed by atoms with Gasteiger partial charge in [0.05, 0.1) is 0 Å². The molecule has 22 heavy (non-hydrogen) atoms. The van der Waals surface area contributed by atoms with Gasteiger partial charge in [0.1, 0.15) is 0 Å². The summed E-state index contributed by atoms with van der Waals surface area (Å²) in [6, 6.07) is 1.14. The van der Waals surface area contributed by atoms with E-state index in [0.29, 0.717) is 0 Å². The molecular weight excluding hydrogens is 288 g/mol. The van der Waals surface area contributed by atoms with Crippen LogP contribution in [0, 0.1) is 0 Å². The van der Waals surface area contributed by atoms with E-state index in [0.717, 1.165) is 6.04 Å². The molecule has 0 spiro atoms. The van der Waals surface area contributed by atoms with Crippen LogP contribution in [0.2, 0.25) is 12.6 Å². The van der Waals surface area contributed by atoms with Crippen LogP contribution in [0.4, 0.5) is 0 Å². The van der Waals surface area contributed by atoms with Crippen LogP contribution >= 0.6 is 0 Å². The fraction of sp³-hybridized carbons (Fsp3) is 1.00. The minimum absolute atomic E-state index is 0.276. The zero-order chi connectivity index (χ0) is 16.8. The first-order chi connectivity index (χ1) is 10.4.